The van der Waals surface area contributed by atoms with Crippen molar-refractivity contribution < 1.29 is 24.5 Å². The smallest absolute Gasteiger partial charge is 0.325 e. The number of fused-ring (bicyclic) bond motifs is 1. The van der Waals surface area contributed by atoms with Gasteiger partial charge in [-0.25, -0.2) is 0 Å². The van der Waals surface area contributed by atoms with Gasteiger partial charge in [0.2, 0.25) is 0 Å². The number of aliphatic carboxylic acids is 1. The van der Waals surface area contributed by atoms with Crippen molar-refractivity contribution in [2.24, 2.45) is 0 Å². The lowest BCUT2D eigenvalue weighted by Gasteiger charge is -2.28. The minimum atomic E-state index is -0.993. The third-order valence-corrected chi connectivity index (χ3v) is 4.64. The molecule has 3 rings (SSSR count). The maximum absolute atomic E-state index is 12.1. The Hall–Kier alpha value is -2.28. The van der Waals surface area contributed by atoms with E-state index in [1.54, 1.807) is 30.3 Å². The zero-order valence-electron chi connectivity index (χ0n) is 14.3. The molecule has 0 spiro atoms. The number of rotatable bonds is 5. The zero-order chi connectivity index (χ0) is 18.7. The van der Waals surface area contributed by atoms with Crippen LogP contribution in [0.3, 0.4) is 0 Å². The van der Waals surface area contributed by atoms with Gasteiger partial charge in [0.1, 0.15) is 24.1 Å². The van der Waals surface area contributed by atoms with Crippen molar-refractivity contribution in [3.63, 3.8) is 0 Å². The van der Waals surface area contributed by atoms with Crippen LogP contribution in [-0.2, 0) is 17.9 Å². The van der Waals surface area contributed by atoms with Crippen LogP contribution in [0.25, 0.3) is 0 Å². The summed E-state index contributed by atoms with van der Waals surface area (Å²) in [5.74, 6) is 0.176. The number of methoxy groups -OCH3 is 1. The molecule has 2 aromatic rings. The summed E-state index contributed by atoms with van der Waals surface area (Å²) in [5.41, 5.74) is 2.08. The Balaban J connectivity index is 2.00. The van der Waals surface area contributed by atoms with Gasteiger partial charge in [-0.15, -0.1) is 0 Å². The van der Waals surface area contributed by atoms with E-state index < -0.39 is 12.0 Å². The van der Waals surface area contributed by atoms with Crippen LogP contribution in [0.4, 0.5) is 0 Å². The van der Waals surface area contributed by atoms with Crippen LogP contribution in [-0.4, -0.2) is 41.3 Å². The second-order valence-corrected chi connectivity index (χ2v) is 6.48. The quantitative estimate of drug-likeness (QED) is 0.834. The topological polar surface area (TPSA) is 79.2 Å². The zero-order valence-corrected chi connectivity index (χ0v) is 15.1. The van der Waals surface area contributed by atoms with Crippen LogP contribution in [0.15, 0.2) is 36.4 Å². The summed E-state index contributed by atoms with van der Waals surface area (Å²) in [6.07, 6.45) is 0. The summed E-state index contributed by atoms with van der Waals surface area (Å²) in [7, 11) is 1.50. The molecule has 138 valence electrons. The average Bonchev–Trinajstić information content (AvgIpc) is 2.83. The average molecular weight is 378 g/mol. The predicted octanol–water partition coefficient (Wildman–Crippen LogP) is 2.86. The number of hydrogen-bond donors (Lipinski definition) is 2. The van der Waals surface area contributed by atoms with Crippen molar-refractivity contribution in [2.45, 2.75) is 19.2 Å². The molecule has 1 atom stereocenters. The molecule has 26 heavy (non-hydrogen) atoms. The Morgan fingerprint density at radius 3 is 2.85 bits per heavy atom. The SMILES string of the molecule is COc1ccc(Cl)cc1C(C(=O)O)N1CCOc2ccc(CO)cc2C1. The summed E-state index contributed by atoms with van der Waals surface area (Å²) >= 11 is 6.09. The van der Waals surface area contributed by atoms with E-state index in [9.17, 15) is 15.0 Å². The third kappa shape index (κ3) is 3.77. The van der Waals surface area contributed by atoms with Gasteiger partial charge in [-0.05, 0) is 35.9 Å². The van der Waals surface area contributed by atoms with Crippen molar-refractivity contribution in [1.29, 1.82) is 0 Å². The fourth-order valence-corrected chi connectivity index (χ4v) is 3.37. The van der Waals surface area contributed by atoms with E-state index in [-0.39, 0.29) is 6.61 Å². The number of aliphatic hydroxyl groups excluding tert-OH is 1. The highest BCUT2D eigenvalue weighted by molar-refractivity contribution is 6.30. The van der Waals surface area contributed by atoms with Crippen molar-refractivity contribution >= 4 is 17.6 Å². The predicted molar refractivity (Wildman–Crippen MR) is 96.7 cm³/mol. The monoisotopic (exact) mass is 377 g/mol. The molecule has 0 fully saturated rings. The maximum atomic E-state index is 12.1. The van der Waals surface area contributed by atoms with E-state index in [1.807, 2.05) is 11.0 Å². The molecule has 0 radical (unpaired) electrons. The molecule has 0 bridgehead atoms. The first-order chi connectivity index (χ1) is 12.5. The van der Waals surface area contributed by atoms with Crippen LogP contribution in [0.1, 0.15) is 22.7 Å². The van der Waals surface area contributed by atoms with Gasteiger partial charge in [0.05, 0.1) is 13.7 Å². The first kappa shape index (κ1) is 18.5. The highest BCUT2D eigenvalue weighted by Crippen LogP contribution is 2.35. The number of carbonyl (C=O) groups is 1. The number of halogens is 1. The largest absolute Gasteiger partial charge is 0.496 e. The van der Waals surface area contributed by atoms with E-state index >= 15 is 0 Å². The van der Waals surface area contributed by atoms with Gasteiger partial charge in [-0.3, -0.25) is 9.69 Å². The van der Waals surface area contributed by atoms with Crippen LogP contribution < -0.4 is 9.47 Å². The molecule has 1 heterocycles. The molecule has 0 saturated heterocycles. The fourth-order valence-electron chi connectivity index (χ4n) is 3.19. The number of aliphatic hydroxyl groups is 1. The third-order valence-electron chi connectivity index (χ3n) is 4.40. The van der Waals surface area contributed by atoms with Gasteiger partial charge in [0.25, 0.3) is 0 Å². The summed E-state index contributed by atoms with van der Waals surface area (Å²) in [4.78, 5) is 13.9. The molecule has 0 saturated carbocycles. The lowest BCUT2D eigenvalue weighted by atomic mass is 10.0. The number of hydrogen-bond acceptors (Lipinski definition) is 5. The van der Waals surface area contributed by atoms with Crippen molar-refractivity contribution in [3.05, 3.63) is 58.1 Å². The molecule has 0 aromatic heterocycles. The van der Waals surface area contributed by atoms with E-state index in [1.165, 1.54) is 7.11 Å². The molecule has 1 unspecified atom stereocenters. The molecule has 2 N–H and O–H groups in total. The normalized spacial score (nSPS) is 15.5. The van der Waals surface area contributed by atoms with Crippen LogP contribution in [0.2, 0.25) is 5.02 Å². The number of benzene rings is 2. The van der Waals surface area contributed by atoms with E-state index in [0.717, 1.165) is 11.1 Å². The molecule has 6 nitrogen and oxygen atoms in total. The Morgan fingerprint density at radius 1 is 1.35 bits per heavy atom. The molecular weight excluding hydrogens is 358 g/mol. The van der Waals surface area contributed by atoms with Crippen LogP contribution in [0.5, 0.6) is 11.5 Å². The van der Waals surface area contributed by atoms with Crippen molar-refractivity contribution in [2.75, 3.05) is 20.3 Å². The maximum Gasteiger partial charge on any atom is 0.325 e. The number of carboxylic acids is 1. The lowest BCUT2D eigenvalue weighted by Crippen LogP contribution is -2.35. The van der Waals surface area contributed by atoms with Gasteiger partial charge in [0, 0.05) is 29.2 Å². The summed E-state index contributed by atoms with van der Waals surface area (Å²) in [5, 5.41) is 19.7. The van der Waals surface area contributed by atoms with Gasteiger partial charge < -0.3 is 19.7 Å². The summed E-state index contributed by atoms with van der Waals surface area (Å²) in [6.45, 7) is 1.07. The van der Waals surface area contributed by atoms with Gasteiger partial charge >= 0.3 is 5.97 Å². The van der Waals surface area contributed by atoms with Gasteiger partial charge in [-0.1, -0.05) is 17.7 Å². The van der Waals surface area contributed by atoms with E-state index in [2.05, 4.69) is 0 Å². The molecule has 0 amide bonds. The second-order valence-electron chi connectivity index (χ2n) is 6.05. The Bertz CT molecular complexity index is 811. The molecule has 1 aliphatic heterocycles. The van der Waals surface area contributed by atoms with Crippen LogP contribution in [0, 0.1) is 0 Å². The number of carboxylic acid groups (broad SMARTS) is 1. The minimum Gasteiger partial charge on any atom is -0.496 e. The highest BCUT2D eigenvalue weighted by atomic mass is 35.5. The first-order valence-electron chi connectivity index (χ1n) is 8.19. The summed E-state index contributed by atoms with van der Waals surface area (Å²) in [6, 6.07) is 9.45. The van der Waals surface area contributed by atoms with Crippen molar-refractivity contribution in [3.8, 4) is 11.5 Å². The van der Waals surface area contributed by atoms with Crippen molar-refractivity contribution in [1.82, 2.24) is 4.90 Å². The Labute approximate surface area is 156 Å². The first-order valence-corrected chi connectivity index (χ1v) is 8.57. The van der Waals surface area contributed by atoms with E-state index in [4.69, 9.17) is 21.1 Å². The Kier molecular flexibility index (Phi) is 5.66. The number of ether oxygens (including phenoxy) is 2. The standard InChI is InChI=1S/C19H20ClNO5/c1-25-17-5-3-14(20)9-15(17)18(19(23)24)21-6-7-26-16-4-2-12(11-22)8-13(16)10-21/h2-5,8-9,18,22H,6-7,10-11H2,1H3,(H,23,24). The van der Waals surface area contributed by atoms with E-state index in [0.29, 0.717) is 41.8 Å². The lowest BCUT2D eigenvalue weighted by molar-refractivity contribution is -0.144. The Morgan fingerprint density at radius 2 is 2.15 bits per heavy atom. The minimum absolute atomic E-state index is 0.0856. The molecule has 1 aliphatic rings. The molecule has 2 aromatic carbocycles. The molecular formula is C19H20ClNO5. The molecule has 0 aliphatic carbocycles. The summed E-state index contributed by atoms with van der Waals surface area (Å²) < 4.78 is 11.1. The number of nitrogens with zero attached hydrogens (tertiary/aromatic N) is 1. The molecule has 7 heteroatoms. The fraction of sp³-hybridized carbons (Fsp3) is 0.316. The van der Waals surface area contributed by atoms with Crippen LogP contribution >= 0.6 is 11.6 Å². The van der Waals surface area contributed by atoms with Gasteiger partial charge in [0.15, 0.2) is 0 Å². The highest BCUT2D eigenvalue weighted by Gasteiger charge is 2.32. The second kappa shape index (κ2) is 7.95. The van der Waals surface area contributed by atoms with Gasteiger partial charge in [-0.2, -0.15) is 0 Å².